The normalized spacial score (nSPS) is 11.7. The Bertz CT molecular complexity index is 963. The maximum absolute atomic E-state index is 14.4. The molecule has 29 heavy (non-hydrogen) atoms. The second-order valence-electron chi connectivity index (χ2n) is 5.94. The molecule has 0 fully saturated rings. The van der Waals surface area contributed by atoms with E-state index in [9.17, 15) is 21.6 Å². The van der Waals surface area contributed by atoms with Gasteiger partial charge in [-0.1, -0.05) is 0 Å². The Balaban J connectivity index is 2.27. The number of rotatable bonds is 10. The fraction of sp³-hybridized carbons (Fsp3) is 0.294. The molecular formula is C17H20F3IN4O3S. The van der Waals surface area contributed by atoms with E-state index in [1.807, 2.05) is 22.6 Å². The highest BCUT2D eigenvalue weighted by Crippen LogP contribution is 2.32. The molecule has 0 aliphatic rings. The van der Waals surface area contributed by atoms with Crippen molar-refractivity contribution in [2.24, 2.45) is 0 Å². The van der Waals surface area contributed by atoms with Crippen LogP contribution in [0.4, 0.5) is 30.2 Å². The fourth-order valence-corrected chi connectivity index (χ4v) is 3.65. The van der Waals surface area contributed by atoms with Crippen molar-refractivity contribution in [1.82, 2.24) is 9.62 Å². The van der Waals surface area contributed by atoms with E-state index in [1.165, 1.54) is 19.2 Å². The molecule has 2 aromatic carbocycles. The molecule has 0 aromatic heterocycles. The van der Waals surface area contributed by atoms with E-state index in [2.05, 4.69) is 15.4 Å². The minimum absolute atomic E-state index is 0.0630. The molecule has 0 unspecified atom stereocenters. The minimum Gasteiger partial charge on any atom is -0.395 e. The van der Waals surface area contributed by atoms with Gasteiger partial charge in [0.2, 0.25) is 0 Å². The summed E-state index contributed by atoms with van der Waals surface area (Å²) in [6.45, 7) is 0.552. The summed E-state index contributed by atoms with van der Waals surface area (Å²) in [5.74, 6) is -3.28. The van der Waals surface area contributed by atoms with Crippen molar-refractivity contribution < 1.29 is 26.7 Å². The molecule has 0 spiro atoms. The third-order valence-electron chi connectivity index (χ3n) is 3.83. The smallest absolute Gasteiger partial charge is 0.301 e. The SMILES string of the molecule is CN(CCNCCO)S(=O)(=O)Nc1ccc(F)c(F)c1Nc1ccc(I)cc1F. The molecular weight excluding hydrogens is 524 g/mol. The van der Waals surface area contributed by atoms with Crippen molar-refractivity contribution in [1.29, 1.82) is 0 Å². The van der Waals surface area contributed by atoms with Crippen LogP contribution in [0.1, 0.15) is 0 Å². The lowest BCUT2D eigenvalue weighted by Crippen LogP contribution is -2.38. The average Bonchev–Trinajstić information content (AvgIpc) is 2.66. The summed E-state index contributed by atoms with van der Waals surface area (Å²) < 4.78 is 71.0. The number of likely N-dealkylation sites (N-methyl/N-ethyl adjacent to an activating group) is 1. The number of benzene rings is 2. The predicted molar refractivity (Wildman–Crippen MR) is 114 cm³/mol. The molecule has 160 valence electrons. The quantitative estimate of drug-likeness (QED) is 0.273. The van der Waals surface area contributed by atoms with E-state index in [0.717, 1.165) is 16.4 Å². The summed E-state index contributed by atoms with van der Waals surface area (Å²) in [7, 11) is -2.80. The van der Waals surface area contributed by atoms with Gasteiger partial charge in [0.25, 0.3) is 0 Å². The Hall–Kier alpha value is -1.61. The van der Waals surface area contributed by atoms with Gasteiger partial charge in [-0.2, -0.15) is 12.7 Å². The molecule has 2 rings (SSSR count). The highest BCUT2D eigenvalue weighted by atomic mass is 127. The van der Waals surface area contributed by atoms with Crippen molar-refractivity contribution in [3.63, 3.8) is 0 Å². The van der Waals surface area contributed by atoms with E-state index in [-0.39, 0.29) is 31.1 Å². The first-order valence-corrected chi connectivity index (χ1v) is 10.9. The monoisotopic (exact) mass is 544 g/mol. The van der Waals surface area contributed by atoms with Crippen molar-refractivity contribution in [2.75, 3.05) is 43.3 Å². The van der Waals surface area contributed by atoms with Crippen LogP contribution in [0.25, 0.3) is 0 Å². The summed E-state index contributed by atoms with van der Waals surface area (Å²) in [6, 6.07) is 5.89. The van der Waals surface area contributed by atoms with Crippen LogP contribution in [0, 0.1) is 21.0 Å². The van der Waals surface area contributed by atoms with Gasteiger partial charge >= 0.3 is 10.2 Å². The number of aliphatic hydroxyl groups is 1. The fourth-order valence-electron chi connectivity index (χ4n) is 2.26. The number of nitrogens with zero attached hydrogens (tertiary/aromatic N) is 1. The molecule has 0 saturated carbocycles. The molecule has 0 bridgehead atoms. The van der Waals surface area contributed by atoms with Crippen LogP contribution in [0.15, 0.2) is 30.3 Å². The summed E-state index contributed by atoms with van der Waals surface area (Å²) in [6.07, 6.45) is 0. The standard InChI is InChI=1S/C17H20F3IN4O3S/c1-25(8-6-22-7-9-26)29(27,28)24-15-5-3-12(18)16(20)17(15)23-14-4-2-11(21)10-13(14)19/h2-5,10,22-24,26H,6-9H2,1H3. The van der Waals surface area contributed by atoms with Gasteiger partial charge in [-0.05, 0) is 52.9 Å². The highest BCUT2D eigenvalue weighted by Gasteiger charge is 2.22. The number of aliphatic hydroxyl groups excluding tert-OH is 1. The zero-order valence-electron chi connectivity index (χ0n) is 15.3. The molecule has 12 heteroatoms. The van der Waals surface area contributed by atoms with Crippen LogP contribution >= 0.6 is 22.6 Å². The first-order chi connectivity index (χ1) is 13.7. The van der Waals surface area contributed by atoms with Gasteiger partial charge in [-0.3, -0.25) is 4.72 Å². The summed E-state index contributed by atoms with van der Waals surface area (Å²) in [5.41, 5.74) is -0.963. The maximum atomic E-state index is 14.4. The number of halogens is 4. The molecule has 0 amide bonds. The van der Waals surface area contributed by atoms with E-state index < -0.39 is 33.3 Å². The number of hydrogen-bond acceptors (Lipinski definition) is 5. The lowest BCUT2D eigenvalue weighted by molar-refractivity contribution is 0.291. The van der Waals surface area contributed by atoms with E-state index in [1.54, 1.807) is 6.07 Å². The molecule has 0 heterocycles. The second kappa shape index (κ2) is 10.4. The Morgan fingerprint density at radius 1 is 1.07 bits per heavy atom. The summed E-state index contributed by atoms with van der Waals surface area (Å²) in [5, 5.41) is 14.0. The Labute approximate surface area is 180 Å². The van der Waals surface area contributed by atoms with Crippen molar-refractivity contribution >= 4 is 49.9 Å². The molecule has 0 saturated heterocycles. The molecule has 0 aliphatic heterocycles. The largest absolute Gasteiger partial charge is 0.395 e. The lowest BCUT2D eigenvalue weighted by atomic mass is 10.2. The Kier molecular flexibility index (Phi) is 8.51. The summed E-state index contributed by atoms with van der Waals surface area (Å²) >= 11 is 1.89. The number of anilines is 3. The van der Waals surface area contributed by atoms with Crippen LogP contribution in [0.5, 0.6) is 0 Å². The van der Waals surface area contributed by atoms with Gasteiger partial charge < -0.3 is 15.7 Å². The Morgan fingerprint density at radius 3 is 2.41 bits per heavy atom. The first-order valence-electron chi connectivity index (χ1n) is 8.41. The van der Waals surface area contributed by atoms with E-state index in [4.69, 9.17) is 5.11 Å². The zero-order valence-corrected chi connectivity index (χ0v) is 18.3. The Morgan fingerprint density at radius 2 is 1.76 bits per heavy atom. The van der Waals surface area contributed by atoms with Gasteiger partial charge in [-0.15, -0.1) is 0 Å². The second-order valence-corrected chi connectivity index (χ2v) is 8.96. The van der Waals surface area contributed by atoms with E-state index >= 15 is 0 Å². The van der Waals surface area contributed by atoms with Crippen LogP contribution in [0.2, 0.25) is 0 Å². The molecule has 0 aliphatic carbocycles. The molecule has 0 atom stereocenters. The van der Waals surface area contributed by atoms with Gasteiger partial charge in [0, 0.05) is 30.3 Å². The van der Waals surface area contributed by atoms with Crippen molar-refractivity contribution in [3.05, 3.63) is 51.4 Å². The molecule has 2 aromatic rings. The lowest BCUT2D eigenvalue weighted by Gasteiger charge is -2.21. The highest BCUT2D eigenvalue weighted by molar-refractivity contribution is 14.1. The summed E-state index contributed by atoms with van der Waals surface area (Å²) in [4.78, 5) is 0. The topological polar surface area (TPSA) is 93.7 Å². The van der Waals surface area contributed by atoms with Gasteiger partial charge in [0.1, 0.15) is 11.5 Å². The van der Waals surface area contributed by atoms with Crippen LogP contribution < -0.4 is 15.4 Å². The minimum atomic E-state index is -4.10. The third kappa shape index (κ3) is 6.44. The first kappa shape index (κ1) is 23.7. The van der Waals surface area contributed by atoms with Gasteiger partial charge in [-0.25, -0.2) is 13.2 Å². The van der Waals surface area contributed by atoms with Crippen molar-refractivity contribution in [2.45, 2.75) is 0 Å². The number of nitrogens with one attached hydrogen (secondary N) is 3. The van der Waals surface area contributed by atoms with Crippen LogP contribution in [-0.4, -0.2) is 51.1 Å². The molecule has 4 N–H and O–H groups in total. The van der Waals surface area contributed by atoms with E-state index in [0.29, 0.717) is 10.1 Å². The molecule has 0 radical (unpaired) electrons. The molecule has 7 nitrogen and oxygen atoms in total. The van der Waals surface area contributed by atoms with Crippen molar-refractivity contribution in [3.8, 4) is 0 Å². The number of hydrogen-bond donors (Lipinski definition) is 4. The van der Waals surface area contributed by atoms with Gasteiger partial charge in [0.15, 0.2) is 11.6 Å². The van der Waals surface area contributed by atoms with Crippen LogP contribution in [0.3, 0.4) is 0 Å². The van der Waals surface area contributed by atoms with Crippen LogP contribution in [-0.2, 0) is 10.2 Å². The van der Waals surface area contributed by atoms with Gasteiger partial charge in [0.05, 0.1) is 18.0 Å². The third-order valence-corrected chi connectivity index (χ3v) is 5.98. The predicted octanol–water partition coefficient (Wildman–Crippen LogP) is 2.62. The zero-order chi connectivity index (χ0) is 21.6. The average molecular weight is 544 g/mol. The maximum Gasteiger partial charge on any atom is 0.301 e.